The molecule has 1 aliphatic heterocycles. The number of likely N-dealkylation sites (tertiary alicyclic amines) is 1. The molecule has 1 heterocycles. The van der Waals surface area contributed by atoms with Crippen LogP contribution in [0.5, 0.6) is 5.75 Å². The Morgan fingerprint density at radius 2 is 1.64 bits per heavy atom. The van der Waals surface area contributed by atoms with Gasteiger partial charge in [-0.2, -0.15) is 0 Å². The molecular weight excluding hydrogens is 348 g/mol. The molecule has 0 bridgehead atoms. The number of ether oxygens (including phenoxy) is 1. The lowest BCUT2D eigenvalue weighted by Crippen LogP contribution is -2.32. The van der Waals surface area contributed by atoms with Crippen LogP contribution >= 0.6 is 0 Å². The topological polar surface area (TPSA) is 41.6 Å². The van der Waals surface area contributed by atoms with Gasteiger partial charge in [-0.3, -0.25) is 9.69 Å². The lowest BCUT2D eigenvalue weighted by molar-refractivity contribution is 0.0951. The smallest absolute Gasteiger partial charge is 0.251 e. The molecule has 0 saturated carbocycles. The van der Waals surface area contributed by atoms with Gasteiger partial charge in [0, 0.05) is 18.7 Å². The van der Waals surface area contributed by atoms with Gasteiger partial charge in [0.15, 0.2) is 0 Å². The molecule has 0 unspecified atom stereocenters. The van der Waals surface area contributed by atoms with E-state index in [9.17, 15) is 4.79 Å². The minimum Gasteiger partial charge on any atom is -0.491 e. The quantitative estimate of drug-likeness (QED) is 0.761. The van der Waals surface area contributed by atoms with Crippen LogP contribution in [0.15, 0.2) is 48.5 Å². The summed E-state index contributed by atoms with van der Waals surface area (Å²) in [5, 5.41) is 2.99. The van der Waals surface area contributed by atoms with E-state index in [1.54, 1.807) is 0 Å². The second-order valence-electron chi connectivity index (χ2n) is 8.15. The second kappa shape index (κ2) is 9.74. The second-order valence-corrected chi connectivity index (χ2v) is 8.15. The number of hydrogen-bond acceptors (Lipinski definition) is 3. The summed E-state index contributed by atoms with van der Waals surface area (Å²) in [7, 11) is 0. The third-order valence-corrected chi connectivity index (χ3v) is 5.25. The van der Waals surface area contributed by atoms with Gasteiger partial charge in [0.05, 0.1) is 6.10 Å². The number of nitrogens with zero attached hydrogens (tertiary/aromatic N) is 1. The number of rotatable bonds is 7. The number of carbonyl (C=O) groups excluding carboxylic acids is 1. The SMILES string of the molecule is CC1CCN(Cc2ccc(C(=O)NCc3ccc(OC(C)C)cc3)cc2)CC1. The molecule has 0 atom stereocenters. The normalized spacial score (nSPS) is 15.6. The molecular formula is C24H32N2O2. The van der Waals surface area contributed by atoms with E-state index in [1.807, 2.05) is 50.2 Å². The summed E-state index contributed by atoms with van der Waals surface area (Å²) in [5.74, 6) is 1.66. The molecule has 1 fully saturated rings. The van der Waals surface area contributed by atoms with Gasteiger partial charge in [-0.15, -0.1) is 0 Å². The van der Waals surface area contributed by atoms with Gasteiger partial charge in [-0.1, -0.05) is 31.2 Å². The molecule has 2 aromatic rings. The van der Waals surface area contributed by atoms with Crippen LogP contribution in [0.1, 0.15) is 55.1 Å². The molecule has 0 spiro atoms. The standard InChI is InChI=1S/C24H32N2O2/c1-18(2)28-23-10-6-20(7-11-23)16-25-24(27)22-8-4-21(5-9-22)17-26-14-12-19(3)13-15-26/h4-11,18-19H,12-17H2,1-3H3,(H,25,27). The highest BCUT2D eigenvalue weighted by molar-refractivity contribution is 5.94. The largest absolute Gasteiger partial charge is 0.491 e. The van der Waals surface area contributed by atoms with Crippen molar-refractivity contribution < 1.29 is 9.53 Å². The van der Waals surface area contributed by atoms with Crippen LogP contribution in [0.2, 0.25) is 0 Å². The van der Waals surface area contributed by atoms with E-state index in [0.29, 0.717) is 12.1 Å². The Kier molecular flexibility index (Phi) is 7.10. The van der Waals surface area contributed by atoms with Gasteiger partial charge in [0.25, 0.3) is 5.91 Å². The molecule has 0 aliphatic carbocycles. The van der Waals surface area contributed by atoms with E-state index < -0.39 is 0 Å². The maximum atomic E-state index is 12.4. The van der Waals surface area contributed by atoms with Crippen molar-refractivity contribution in [3.63, 3.8) is 0 Å². The van der Waals surface area contributed by atoms with Gasteiger partial charge < -0.3 is 10.1 Å². The van der Waals surface area contributed by atoms with Crippen molar-refractivity contribution in [1.82, 2.24) is 10.2 Å². The zero-order valence-electron chi connectivity index (χ0n) is 17.3. The van der Waals surface area contributed by atoms with Gasteiger partial charge >= 0.3 is 0 Å². The first-order chi connectivity index (χ1) is 13.5. The van der Waals surface area contributed by atoms with Crippen LogP contribution in [0, 0.1) is 5.92 Å². The lowest BCUT2D eigenvalue weighted by Gasteiger charge is -2.30. The van der Waals surface area contributed by atoms with Gasteiger partial charge in [-0.25, -0.2) is 0 Å². The van der Waals surface area contributed by atoms with E-state index in [2.05, 4.69) is 29.3 Å². The minimum atomic E-state index is -0.0409. The summed E-state index contributed by atoms with van der Waals surface area (Å²) in [5.41, 5.74) is 3.03. The van der Waals surface area contributed by atoms with Crippen molar-refractivity contribution in [2.24, 2.45) is 5.92 Å². The number of carbonyl (C=O) groups is 1. The van der Waals surface area contributed by atoms with Crippen LogP contribution in [-0.4, -0.2) is 30.0 Å². The highest BCUT2D eigenvalue weighted by Crippen LogP contribution is 2.18. The number of piperidine rings is 1. The van der Waals surface area contributed by atoms with Crippen molar-refractivity contribution in [2.75, 3.05) is 13.1 Å². The summed E-state index contributed by atoms with van der Waals surface area (Å²) < 4.78 is 5.64. The lowest BCUT2D eigenvalue weighted by atomic mass is 9.99. The molecule has 2 aromatic carbocycles. The highest BCUT2D eigenvalue weighted by Gasteiger charge is 2.15. The summed E-state index contributed by atoms with van der Waals surface area (Å²) in [6, 6.07) is 15.9. The molecule has 0 aromatic heterocycles. The van der Waals surface area contributed by atoms with E-state index in [1.165, 1.54) is 31.5 Å². The average Bonchev–Trinajstić information content (AvgIpc) is 2.69. The predicted molar refractivity (Wildman–Crippen MR) is 113 cm³/mol. The van der Waals surface area contributed by atoms with Crippen molar-refractivity contribution in [2.45, 2.75) is 52.8 Å². The third kappa shape index (κ3) is 6.10. The van der Waals surface area contributed by atoms with Gasteiger partial charge in [-0.05, 0) is 81.1 Å². The molecule has 4 nitrogen and oxygen atoms in total. The molecule has 1 saturated heterocycles. The first-order valence-electron chi connectivity index (χ1n) is 10.3. The van der Waals surface area contributed by atoms with Crippen molar-refractivity contribution in [3.8, 4) is 5.75 Å². The van der Waals surface area contributed by atoms with E-state index in [-0.39, 0.29) is 12.0 Å². The molecule has 3 rings (SSSR count). The van der Waals surface area contributed by atoms with E-state index >= 15 is 0 Å². The zero-order chi connectivity index (χ0) is 19.9. The monoisotopic (exact) mass is 380 g/mol. The van der Waals surface area contributed by atoms with Crippen LogP contribution in [-0.2, 0) is 13.1 Å². The van der Waals surface area contributed by atoms with Crippen molar-refractivity contribution >= 4 is 5.91 Å². The van der Waals surface area contributed by atoms with Crippen molar-refractivity contribution in [1.29, 1.82) is 0 Å². The van der Waals surface area contributed by atoms with E-state index in [0.717, 1.165) is 23.8 Å². The Hall–Kier alpha value is -2.33. The van der Waals surface area contributed by atoms with Crippen LogP contribution in [0.25, 0.3) is 0 Å². The molecule has 4 heteroatoms. The van der Waals surface area contributed by atoms with Crippen molar-refractivity contribution in [3.05, 3.63) is 65.2 Å². The summed E-state index contributed by atoms with van der Waals surface area (Å²) in [6.45, 7) is 10.2. The maximum Gasteiger partial charge on any atom is 0.251 e. The Bertz CT molecular complexity index is 745. The van der Waals surface area contributed by atoms with Crippen LogP contribution in [0.3, 0.4) is 0 Å². The molecule has 1 amide bonds. The molecule has 1 aliphatic rings. The Morgan fingerprint density at radius 1 is 1.04 bits per heavy atom. The third-order valence-electron chi connectivity index (χ3n) is 5.25. The van der Waals surface area contributed by atoms with E-state index in [4.69, 9.17) is 4.74 Å². The summed E-state index contributed by atoms with van der Waals surface area (Å²) >= 11 is 0. The first kappa shape index (κ1) is 20.4. The molecule has 150 valence electrons. The van der Waals surface area contributed by atoms with Crippen LogP contribution < -0.4 is 10.1 Å². The first-order valence-corrected chi connectivity index (χ1v) is 10.3. The van der Waals surface area contributed by atoms with Crippen LogP contribution in [0.4, 0.5) is 0 Å². The number of amides is 1. The fourth-order valence-corrected chi connectivity index (χ4v) is 3.48. The fraction of sp³-hybridized carbons (Fsp3) is 0.458. The summed E-state index contributed by atoms with van der Waals surface area (Å²) in [4.78, 5) is 14.9. The van der Waals surface area contributed by atoms with Gasteiger partial charge in [0.1, 0.15) is 5.75 Å². The fourth-order valence-electron chi connectivity index (χ4n) is 3.48. The maximum absolute atomic E-state index is 12.4. The Balaban J connectivity index is 1.47. The molecule has 28 heavy (non-hydrogen) atoms. The Labute approximate surface area is 168 Å². The number of benzene rings is 2. The average molecular weight is 381 g/mol. The molecule has 1 N–H and O–H groups in total. The minimum absolute atomic E-state index is 0.0409. The Morgan fingerprint density at radius 3 is 2.25 bits per heavy atom. The molecule has 0 radical (unpaired) electrons. The number of hydrogen-bond donors (Lipinski definition) is 1. The number of nitrogens with one attached hydrogen (secondary N) is 1. The highest BCUT2D eigenvalue weighted by atomic mass is 16.5. The zero-order valence-corrected chi connectivity index (χ0v) is 17.3. The van der Waals surface area contributed by atoms with Gasteiger partial charge in [0.2, 0.25) is 0 Å². The summed E-state index contributed by atoms with van der Waals surface area (Å²) in [6.07, 6.45) is 2.72. The predicted octanol–water partition coefficient (Wildman–Crippen LogP) is 4.64.